The van der Waals surface area contributed by atoms with Crippen molar-refractivity contribution < 1.29 is 13.3 Å². The van der Waals surface area contributed by atoms with Gasteiger partial charge in [-0.15, -0.1) is 0 Å². The highest BCUT2D eigenvalue weighted by Gasteiger charge is 2.68. The highest BCUT2D eigenvalue weighted by molar-refractivity contribution is 5.59. The van der Waals surface area contributed by atoms with Gasteiger partial charge < -0.3 is 9.84 Å². The number of hydrogen-bond acceptors (Lipinski definition) is 4. The molecule has 6 heteroatoms. The van der Waals surface area contributed by atoms with E-state index in [0.717, 1.165) is 31.5 Å². The van der Waals surface area contributed by atoms with Gasteiger partial charge in [0.25, 0.3) is 0 Å². The smallest absolute Gasteiger partial charge is 0.233 e. The Morgan fingerprint density at radius 2 is 2.09 bits per heavy atom. The molecule has 0 radical (unpaired) electrons. The highest BCUT2D eigenvalue weighted by Crippen LogP contribution is 2.65. The normalized spacial score (nSPS) is 26.3. The van der Waals surface area contributed by atoms with E-state index in [1.165, 1.54) is 12.1 Å². The van der Waals surface area contributed by atoms with E-state index in [2.05, 4.69) is 15.5 Å². The van der Waals surface area contributed by atoms with Gasteiger partial charge in [0, 0.05) is 11.0 Å². The van der Waals surface area contributed by atoms with Crippen molar-refractivity contribution in [3.8, 4) is 11.4 Å². The molecule has 2 atom stereocenters. The third kappa shape index (κ3) is 1.97. The lowest BCUT2D eigenvalue weighted by Gasteiger charge is -2.22. The lowest BCUT2D eigenvalue weighted by molar-refractivity contribution is 0.276. The Morgan fingerprint density at radius 1 is 1.32 bits per heavy atom. The Labute approximate surface area is 126 Å². The minimum absolute atomic E-state index is 0.295. The van der Waals surface area contributed by atoms with Crippen molar-refractivity contribution >= 4 is 0 Å². The summed E-state index contributed by atoms with van der Waals surface area (Å²) < 4.78 is 32.8. The van der Waals surface area contributed by atoms with Crippen LogP contribution in [-0.2, 0) is 0 Å². The molecule has 116 valence electrons. The number of nitrogens with one attached hydrogen (secondary N) is 1. The molecule has 1 saturated heterocycles. The fourth-order valence-corrected chi connectivity index (χ4v) is 3.64. The van der Waals surface area contributed by atoms with Crippen molar-refractivity contribution in [3.05, 3.63) is 35.5 Å². The first-order valence-electron chi connectivity index (χ1n) is 7.57. The first-order valence-corrected chi connectivity index (χ1v) is 7.57. The van der Waals surface area contributed by atoms with Crippen LogP contribution in [0.4, 0.5) is 8.78 Å². The topological polar surface area (TPSA) is 51.0 Å². The maximum Gasteiger partial charge on any atom is 0.233 e. The molecule has 1 aliphatic carbocycles. The van der Waals surface area contributed by atoms with Crippen molar-refractivity contribution in [3.63, 3.8) is 0 Å². The zero-order chi connectivity index (χ0) is 15.3. The summed E-state index contributed by atoms with van der Waals surface area (Å²) in [4.78, 5) is 4.37. The second-order valence-corrected chi connectivity index (χ2v) is 6.28. The summed E-state index contributed by atoms with van der Waals surface area (Å²) in [6, 6.07) is 4.41. The fraction of sp³-hybridized carbons (Fsp3) is 0.500. The molecule has 0 bridgehead atoms. The molecule has 1 aliphatic heterocycles. The van der Waals surface area contributed by atoms with Crippen LogP contribution in [0.5, 0.6) is 0 Å². The zero-order valence-electron chi connectivity index (χ0n) is 12.3. The SMILES string of the molecule is Cc1cc(F)ccc1-c1noc(C2C(F)C23CCNCC3)n1. The number of halogens is 2. The summed E-state index contributed by atoms with van der Waals surface area (Å²) in [5.41, 5.74) is 1.12. The Bertz CT molecular complexity index is 709. The first-order chi connectivity index (χ1) is 10.6. The van der Waals surface area contributed by atoms with Gasteiger partial charge in [-0.2, -0.15) is 4.98 Å². The number of aromatic nitrogens is 2. The Morgan fingerprint density at radius 3 is 2.82 bits per heavy atom. The number of benzene rings is 1. The quantitative estimate of drug-likeness (QED) is 0.926. The average Bonchev–Trinajstić information content (AvgIpc) is 2.88. The molecule has 4 rings (SSSR count). The van der Waals surface area contributed by atoms with E-state index in [1.807, 2.05) is 0 Å². The van der Waals surface area contributed by atoms with Gasteiger partial charge in [0.1, 0.15) is 12.0 Å². The lowest BCUT2D eigenvalue weighted by atomic mass is 9.92. The van der Waals surface area contributed by atoms with Gasteiger partial charge in [0.15, 0.2) is 0 Å². The molecule has 1 aromatic carbocycles. The average molecular weight is 305 g/mol. The van der Waals surface area contributed by atoms with Crippen LogP contribution in [0.15, 0.2) is 22.7 Å². The van der Waals surface area contributed by atoms with Crippen LogP contribution in [-0.4, -0.2) is 29.4 Å². The molecule has 1 saturated carbocycles. The second kappa shape index (κ2) is 4.84. The van der Waals surface area contributed by atoms with Crippen LogP contribution in [0.1, 0.15) is 30.2 Å². The molecule has 2 fully saturated rings. The summed E-state index contributed by atoms with van der Waals surface area (Å²) >= 11 is 0. The largest absolute Gasteiger partial charge is 0.339 e. The number of nitrogens with zero attached hydrogens (tertiary/aromatic N) is 2. The van der Waals surface area contributed by atoms with Crippen LogP contribution in [0.3, 0.4) is 0 Å². The Balaban J connectivity index is 1.62. The maximum atomic E-state index is 14.3. The summed E-state index contributed by atoms with van der Waals surface area (Å²) in [5, 5.41) is 7.21. The van der Waals surface area contributed by atoms with E-state index in [0.29, 0.717) is 17.3 Å². The third-order valence-electron chi connectivity index (χ3n) is 5.02. The van der Waals surface area contributed by atoms with E-state index in [-0.39, 0.29) is 17.2 Å². The van der Waals surface area contributed by atoms with Gasteiger partial charge in [-0.25, -0.2) is 8.78 Å². The molecule has 2 unspecified atom stereocenters. The fourth-order valence-electron chi connectivity index (χ4n) is 3.64. The van der Waals surface area contributed by atoms with Crippen LogP contribution in [0.2, 0.25) is 0 Å². The van der Waals surface area contributed by atoms with Crippen LogP contribution in [0.25, 0.3) is 11.4 Å². The maximum absolute atomic E-state index is 14.3. The predicted octanol–water partition coefficient (Wildman–Crippen LogP) is 2.99. The Hall–Kier alpha value is -1.82. The molecule has 2 heterocycles. The summed E-state index contributed by atoms with van der Waals surface area (Å²) in [5.74, 6) is 0.171. The zero-order valence-corrected chi connectivity index (χ0v) is 12.3. The highest BCUT2D eigenvalue weighted by atomic mass is 19.1. The van der Waals surface area contributed by atoms with Crippen molar-refractivity contribution in [2.24, 2.45) is 5.41 Å². The number of piperidine rings is 1. The lowest BCUT2D eigenvalue weighted by Crippen LogP contribution is -2.30. The predicted molar refractivity (Wildman–Crippen MR) is 76.6 cm³/mol. The van der Waals surface area contributed by atoms with E-state index < -0.39 is 6.17 Å². The van der Waals surface area contributed by atoms with Crippen molar-refractivity contribution in [2.45, 2.75) is 31.9 Å². The first kappa shape index (κ1) is 13.8. The number of alkyl halides is 1. The molecular formula is C16H17F2N3O. The van der Waals surface area contributed by atoms with Crippen LogP contribution < -0.4 is 5.32 Å². The van der Waals surface area contributed by atoms with E-state index >= 15 is 0 Å². The van der Waals surface area contributed by atoms with Crippen molar-refractivity contribution in [1.82, 2.24) is 15.5 Å². The number of aryl methyl sites for hydroxylation is 1. The minimum atomic E-state index is -0.905. The number of hydrogen-bond donors (Lipinski definition) is 1. The van der Waals surface area contributed by atoms with E-state index in [1.54, 1.807) is 13.0 Å². The van der Waals surface area contributed by atoms with Gasteiger partial charge in [0.2, 0.25) is 11.7 Å². The van der Waals surface area contributed by atoms with Gasteiger partial charge in [-0.1, -0.05) is 5.16 Å². The van der Waals surface area contributed by atoms with Crippen LogP contribution in [0, 0.1) is 18.2 Å². The van der Waals surface area contributed by atoms with Gasteiger partial charge in [-0.3, -0.25) is 0 Å². The van der Waals surface area contributed by atoms with E-state index in [4.69, 9.17) is 4.52 Å². The third-order valence-corrected chi connectivity index (χ3v) is 5.02. The summed E-state index contributed by atoms with van der Waals surface area (Å²) in [7, 11) is 0. The molecule has 22 heavy (non-hydrogen) atoms. The molecule has 0 amide bonds. The monoisotopic (exact) mass is 305 g/mol. The van der Waals surface area contributed by atoms with Gasteiger partial charge in [-0.05, 0) is 56.6 Å². The van der Waals surface area contributed by atoms with Crippen molar-refractivity contribution in [2.75, 3.05) is 13.1 Å². The van der Waals surface area contributed by atoms with Crippen LogP contribution >= 0.6 is 0 Å². The standard InChI is InChI=1S/C16H17F2N3O/c1-9-8-10(17)2-3-11(9)14-20-15(22-21-14)12-13(18)16(12)4-6-19-7-5-16/h2-3,8,12-13,19H,4-7H2,1H3. The van der Waals surface area contributed by atoms with Crippen molar-refractivity contribution in [1.29, 1.82) is 0 Å². The Kier molecular flexibility index (Phi) is 3.04. The summed E-state index contributed by atoms with van der Waals surface area (Å²) in [6.07, 6.45) is 0.690. The molecule has 2 aromatic rings. The molecule has 1 spiro atoms. The molecule has 1 aromatic heterocycles. The second-order valence-electron chi connectivity index (χ2n) is 6.28. The van der Waals surface area contributed by atoms with Gasteiger partial charge >= 0.3 is 0 Å². The molecule has 2 aliphatic rings. The molecule has 1 N–H and O–H groups in total. The summed E-state index contributed by atoms with van der Waals surface area (Å²) in [6.45, 7) is 3.45. The number of rotatable bonds is 2. The minimum Gasteiger partial charge on any atom is -0.339 e. The van der Waals surface area contributed by atoms with E-state index in [9.17, 15) is 8.78 Å². The van der Waals surface area contributed by atoms with Gasteiger partial charge in [0.05, 0.1) is 5.92 Å². The molecule has 4 nitrogen and oxygen atoms in total. The molecular weight excluding hydrogens is 288 g/mol.